The second-order valence-corrected chi connectivity index (χ2v) is 8.55. The van der Waals surface area contributed by atoms with Crippen LogP contribution < -0.4 is 20.7 Å². The fraction of sp³-hybridized carbons (Fsp3) is 0.346. The van der Waals surface area contributed by atoms with Gasteiger partial charge in [-0.25, -0.2) is 4.98 Å². The molecule has 0 saturated carbocycles. The Bertz CT molecular complexity index is 1220. The first-order chi connectivity index (χ1) is 17.3. The molecule has 1 unspecified atom stereocenters. The van der Waals surface area contributed by atoms with Gasteiger partial charge in [-0.1, -0.05) is 30.3 Å². The van der Waals surface area contributed by atoms with Crippen LogP contribution in [-0.4, -0.2) is 52.9 Å². The number of imidazole rings is 1. The average Bonchev–Trinajstić information content (AvgIpc) is 3.34. The largest absolute Gasteiger partial charge is 0.491 e. The molecule has 2 aromatic carbocycles. The molecule has 0 bridgehead atoms. The molecule has 4 aromatic rings. The van der Waals surface area contributed by atoms with E-state index in [1.165, 1.54) is 5.56 Å². The molecule has 9 nitrogen and oxygen atoms in total. The summed E-state index contributed by atoms with van der Waals surface area (Å²) < 4.78 is 12.9. The maximum atomic E-state index is 5.66. The number of rotatable bonds is 10. The number of nitrogens with zero attached hydrogens (tertiary/aromatic N) is 4. The van der Waals surface area contributed by atoms with Gasteiger partial charge in [0, 0.05) is 31.9 Å². The zero-order valence-corrected chi connectivity index (χ0v) is 19.9. The molecule has 5 rings (SSSR count). The van der Waals surface area contributed by atoms with Gasteiger partial charge in [-0.15, -0.1) is 0 Å². The van der Waals surface area contributed by atoms with E-state index in [-0.39, 0.29) is 0 Å². The summed E-state index contributed by atoms with van der Waals surface area (Å²) in [6, 6.07) is 18.3. The van der Waals surface area contributed by atoms with E-state index in [2.05, 4.69) is 32.7 Å². The highest BCUT2D eigenvalue weighted by atomic mass is 16.5. The Kier molecular flexibility index (Phi) is 7.35. The summed E-state index contributed by atoms with van der Waals surface area (Å²) in [6.45, 7) is 3.68. The molecule has 1 aliphatic heterocycles. The van der Waals surface area contributed by atoms with Crippen LogP contribution in [0.3, 0.4) is 0 Å². The van der Waals surface area contributed by atoms with Gasteiger partial charge in [0.15, 0.2) is 17.0 Å². The van der Waals surface area contributed by atoms with Crippen molar-refractivity contribution in [2.75, 3.05) is 44.0 Å². The predicted molar refractivity (Wildman–Crippen MR) is 137 cm³/mol. The van der Waals surface area contributed by atoms with Crippen LogP contribution in [-0.2, 0) is 11.3 Å². The minimum absolute atomic E-state index is 0.321. The third-order valence-corrected chi connectivity index (χ3v) is 6.06. The summed E-state index contributed by atoms with van der Waals surface area (Å²) in [4.78, 5) is 14.3. The van der Waals surface area contributed by atoms with Crippen LogP contribution in [0.1, 0.15) is 24.4 Å². The molecule has 2 aromatic heterocycles. The molecule has 1 aliphatic rings. The number of hydrogen-bond donors (Lipinski definition) is 3. The normalized spacial score (nSPS) is 15.7. The number of benzene rings is 2. The molecule has 1 fully saturated rings. The number of anilines is 3. The minimum atomic E-state index is 0.321. The SMILES string of the molecule is COCCOc1ccc(Nc2nc(NCc3ccccc3)c3ncn(C4CCCNC4)c3n2)cc1. The van der Waals surface area contributed by atoms with Crippen LogP contribution in [0.2, 0.25) is 0 Å². The number of ether oxygens (including phenoxy) is 2. The van der Waals surface area contributed by atoms with Crippen molar-refractivity contribution in [2.24, 2.45) is 0 Å². The van der Waals surface area contributed by atoms with Crippen molar-refractivity contribution in [3.05, 3.63) is 66.5 Å². The Hall–Kier alpha value is -3.69. The first kappa shape index (κ1) is 23.1. The van der Waals surface area contributed by atoms with E-state index in [1.807, 2.05) is 48.8 Å². The zero-order chi connectivity index (χ0) is 23.9. The molecule has 1 atom stereocenters. The number of methoxy groups -OCH3 is 1. The summed E-state index contributed by atoms with van der Waals surface area (Å²) in [5, 5.41) is 10.3. The van der Waals surface area contributed by atoms with Crippen molar-refractivity contribution in [3.63, 3.8) is 0 Å². The molecule has 0 spiro atoms. The van der Waals surface area contributed by atoms with Crippen molar-refractivity contribution in [2.45, 2.75) is 25.4 Å². The number of nitrogens with one attached hydrogen (secondary N) is 3. The monoisotopic (exact) mass is 473 g/mol. The van der Waals surface area contributed by atoms with E-state index in [4.69, 9.17) is 24.4 Å². The molecule has 0 radical (unpaired) electrons. The fourth-order valence-corrected chi connectivity index (χ4v) is 4.22. The number of hydrogen-bond acceptors (Lipinski definition) is 8. The maximum Gasteiger partial charge on any atom is 0.231 e. The highest BCUT2D eigenvalue weighted by Gasteiger charge is 2.20. The number of fused-ring (bicyclic) bond motifs is 1. The smallest absolute Gasteiger partial charge is 0.231 e. The summed E-state index contributed by atoms with van der Waals surface area (Å²) in [5.41, 5.74) is 3.65. The quantitative estimate of drug-likeness (QED) is 0.296. The fourth-order valence-electron chi connectivity index (χ4n) is 4.22. The molecule has 1 saturated heterocycles. The van der Waals surface area contributed by atoms with Gasteiger partial charge >= 0.3 is 0 Å². The van der Waals surface area contributed by atoms with E-state index in [0.717, 1.165) is 48.5 Å². The van der Waals surface area contributed by atoms with E-state index in [1.54, 1.807) is 7.11 Å². The third kappa shape index (κ3) is 5.70. The first-order valence-corrected chi connectivity index (χ1v) is 12.0. The topological polar surface area (TPSA) is 98.2 Å². The van der Waals surface area contributed by atoms with Gasteiger partial charge < -0.3 is 30.0 Å². The van der Waals surface area contributed by atoms with Crippen LogP contribution >= 0.6 is 0 Å². The Balaban J connectivity index is 1.41. The Morgan fingerprint density at radius 1 is 1.06 bits per heavy atom. The Morgan fingerprint density at radius 3 is 2.69 bits per heavy atom. The van der Waals surface area contributed by atoms with E-state index in [0.29, 0.717) is 37.6 Å². The zero-order valence-electron chi connectivity index (χ0n) is 19.9. The lowest BCUT2D eigenvalue weighted by molar-refractivity contribution is 0.146. The summed E-state index contributed by atoms with van der Waals surface area (Å²) in [7, 11) is 1.66. The summed E-state index contributed by atoms with van der Waals surface area (Å²) in [6.07, 6.45) is 4.13. The molecule has 3 N–H and O–H groups in total. The van der Waals surface area contributed by atoms with E-state index < -0.39 is 0 Å². The maximum absolute atomic E-state index is 5.66. The third-order valence-electron chi connectivity index (χ3n) is 6.06. The molecular weight excluding hydrogens is 442 g/mol. The summed E-state index contributed by atoms with van der Waals surface area (Å²) in [5.74, 6) is 2.02. The van der Waals surface area contributed by atoms with Gasteiger partial charge in [-0.05, 0) is 49.2 Å². The van der Waals surface area contributed by atoms with Crippen LogP contribution in [0, 0.1) is 0 Å². The lowest BCUT2D eigenvalue weighted by Crippen LogP contribution is -2.31. The van der Waals surface area contributed by atoms with E-state index >= 15 is 0 Å². The molecule has 0 aliphatic carbocycles. The predicted octanol–water partition coefficient (Wildman–Crippen LogP) is 4.13. The first-order valence-electron chi connectivity index (χ1n) is 12.0. The van der Waals surface area contributed by atoms with E-state index in [9.17, 15) is 0 Å². The van der Waals surface area contributed by atoms with Crippen molar-refractivity contribution in [1.29, 1.82) is 0 Å². The van der Waals surface area contributed by atoms with Gasteiger partial charge in [0.25, 0.3) is 0 Å². The van der Waals surface area contributed by atoms with Crippen molar-refractivity contribution >= 4 is 28.6 Å². The highest BCUT2D eigenvalue weighted by Crippen LogP contribution is 2.28. The molecule has 9 heteroatoms. The highest BCUT2D eigenvalue weighted by molar-refractivity contribution is 5.85. The molecule has 3 heterocycles. The Labute approximate surface area is 204 Å². The number of aromatic nitrogens is 4. The standard InChI is InChI=1S/C26H31N7O2/c1-34-14-15-35-22-11-9-20(10-12-22)30-26-31-24(28-16-19-6-3-2-4-7-19)23-25(32-26)33(18-29-23)21-8-5-13-27-17-21/h2-4,6-7,9-12,18,21,27H,5,8,13-17H2,1H3,(H2,28,30,31,32). The van der Waals surface area contributed by atoms with Gasteiger partial charge in [0.05, 0.1) is 12.9 Å². The van der Waals surface area contributed by atoms with Crippen molar-refractivity contribution in [1.82, 2.24) is 24.8 Å². The Morgan fingerprint density at radius 2 is 1.91 bits per heavy atom. The van der Waals surface area contributed by atoms with Crippen LogP contribution in [0.4, 0.5) is 17.5 Å². The van der Waals surface area contributed by atoms with Crippen LogP contribution in [0.15, 0.2) is 60.9 Å². The average molecular weight is 474 g/mol. The van der Waals surface area contributed by atoms with Crippen molar-refractivity contribution in [3.8, 4) is 5.75 Å². The molecular formula is C26H31N7O2. The molecule has 182 valence electrons. The van der Waals surface area contributed by atoms with Gasteiger partial charge in [0.2, 0.25) is 5.95 Å². The van der Waals surface area contributed by atoms with Gasteiger partial charge in [-0.2, -0.15) is 9.97 Å². The minimum Gasteiger partial charge on any atom is -0.491 e. The lowest BCUT2D eigenvalue weighted by Gasteiger charge is -2.24. The lowest BCUT2D eigenvalue weighted by atomic mass is 10.1. The summed E-state index contributed by atoms with van der Waals surface area (Å²) >= 11 is 0. The second kappa shape index (κ2) is 11.2. The molecule has 35 heavy (non-hydrogen) atoms. The van der Waals surface area contributed by atoms with Gasteiger partial charge in [0.1, 0.15) is 12.4 Å². The number of piperidine rings is 1. The second-order valence-electron chi connectivity index (χ2n) is 8.55. The van der Waals surface area contributed by atoms with Crippen molar-refractivity contribution < 1.29 is 9.47 Å². The molecule has 0 amide bonds. The van der Waals surface area contributed by atoms with Crippen LogP contribution in [0.5, 0.6) is 5.75 Å². The van der Waals surface area contributed by atoms with Crippen LogP contribution in [0.25, 0.3) is 11.2 Å². The van der Waals surface area contributed by atoms with Gasteiger partial charge in [-0.3, -0.25) is 0 Å².